The highest BCUT2D eigenvalue weighted by molar-refractivity contribution is 5.85. The van der Waals surface area contributed by atoms with Crippen molar-refractivity contribution in [3.63, 3.8) is 0 Å². The van der Waals surface area contributed by atoms with Gasteiger partial charge in [0.2, 0.25) is 0 Å². The first-order valence-electron chi connectivity index (χ1n) is 7.35. The Bertz CT molecular complexity index is 191. The van der Waals surface area contributed by atoms with Crippen molar-refractivity contribution in [2.45, 2.75) is 57.9 Å². The highest BCUT2D eigenvalue weighted by Gasteiger charge is 2.24. The Kier molecular flexibility index (Phi) is 7.49. The molecule has 1 saturated heterocycles. The number of hydrogen-bond donors (Lipinski definition) is 1. The molecule has 17 heavy (non-hydrogen) atoms. The number of nitrogens with one attached hydrogen (secondary N) is 1. The van der Waals surface area contributed by atoms with E-state index in [0.717, 1.165) is 12.0 Å². The summed E-state index contributed by atoms with van der Waals surface area (Å²) in [6.45, 7) is 7.40. The van der Waals surface area contributed by atoms with Crippen LogP contribution < -0.4 is 5.32 Å². The minimum atomic E-state index is 0. The predicted octanol–water partition coefficient (Wildman–Crippen LogP) is 3.06. The molecule has 2 nitrogen and oxygen atoms in total. The van der Waals surface area contributed by atoms with Gasteiger partial charge < -0.3 is 5.32 Å². The summed E-state index contributed by atoms with van der Waals surface area (Å²) in [7, 11) is 0. The number of nitrogens with zero attached hydrogens (tertiary/aromatic N) is 1. The zero-order chi connectivity index (χ0) is 11.2. The van der Waals surface area contributed by atoms with Crippen LogP contribution in [-0.4, -0.2) is 37.1 Å². The molecule has 2 aliphatic rings. The summed E-state index contributed by atoms with van der Waals surface area (Å²) in [5, 5.41) is 3.55. The highest BCUT2D eigenvalue weighted by Crippen LogP contribution is 2.25. The van der Waals surface area contributed by atoms with Crippen LogP contribution in [0.3, 0.4) is 0 Å². The second kappa shape index (κ2) is 8.34. The molecule has 1 heterocycles. The molecule has 2 rings (SSSR count). The average Bonchev–Trinajstić information content (AvgIpc) is 2.33. The third-order valence-corrected chi connectivity index (χ3v) is 4.31. The van der Waals surface area contributed by atoms with E-state index in [4.69, 9.17) is 0 Å². The molecule has 0 aromatic rings. The van der Waals surface area contributed by atoms with Gasteiger partial charge in [-0.3, -0.25) is 4.90 Å². The second-order valence-corrected chi connectivity index (χ2v) is 5.65. The summed E-state index contributed by atoms with van der Waals surface area (Å²) in [6.07, 6.45) is 10.1. The SMILES string of the molecule is CCCC1CNCCN1CC1CCCCC1.Cl. The number of halogens is 1. The van der Waals surface area contributed by atoms with Crippen LogP contribution in [0.1, 0.15) is 51.9 Å². The van der Waals surface area contributed by atoms with Crippen LogP contribution in [0.25, 0.3) is 0 Å². The third kappa shape index (κ3) is 4.76. The summed E-state index contributed by atoms with van der Waals surface area (Å²) in [6, 6.07) is 0.820. The Hall–Kier alpha value is 0.210. The van der Waals surface area contributed by atoms with Crippen LogP contribution in [-0.2, 0) is 0 Å². The van der Waals surface area contributed by atoms with Gasteiger partial charge in [-0.05, 0) is 25.2 Å². The summed E-state index contributed by atoms with van der Waals surface area (Å²) < 4.78 is 0. The first-order chi connectivity index (χ1) is 7.90. The van der Waals surface area contributed by atoms with Gasteiger partial charge >= 0.3 is 0 Å². The van der Waals surface area contributed by atoms with E-state index >= 15 is 0 Å². The van der Waals surface area contributed by atoms with Crippen molar-refractivity contribution >= 4 is 12.4 Å². The minimum absolute atomic E-state index is 0. The van der Waals surface area contributed by atoms with Gasteiger partial charge in [0.05, 0.1) is 0 Å². The standard InChI is InChI=1S/C14H28N2.ClH/c1-2-6-14-11-15-9-10-16(14)12-13-7-4-3-5-8-13;/h13-15H,2-12H2,1H3;1H. The smallest absolute Gasteiger partial charge is 0.0221 e. The van der Waals surface area contributed by atoms with Gasteiger partial charge in [0.15, 0.2) is 0 Å². The molecule has 0 spiro atoms. The Morgan fingerprint density at radius 1 is 1.18 bits per heavy atom. The summed E-state index contributed by atoms with van der Waals surface area (Å²) in [4.78, 5) is 2.77. The van der Waals surface area contributed by atoms with E-state index in [1.165, 1.54) is 71.1 Å². The van der Waals surface area contributed by atoms with Crippen molar-refractivity contribution in [1.82, 2.24) is 10.2 Å². The van der Waals surface area contributed by atoms with Gasteiger partial charge in [-0.2, -0.15) is 0 Å². The van der Waals surface area contributed by atoms with Crippen LogP contribution in [0.15, 0.2) is 0 Å². The molecule has 1 unspecified atom stereocenters. The maximum Gasteiger partial charge on any atom is 0.0221 e. The molecule has 0 aromatic heterocycles. The van der Waals surface area contributed by atoms with Gasteiger partial charge in [0.25, 0.3) is 0 Å². The van der Waals surface area contributed by atoms with Crippen molar-refractivity contribution in [3.05, 3.63) is 0 Å². The maximum absolute atomic E-state index is 3.55. The lowest BCUT2D eigenvalue weighted by molar-refractivity contribution is 0.117. The molecule has 102 valence electrons. The van der Waals surface area contributed by atoms with E-state index in [2.05, 4.69) is 17.1 Å². The highest BCUT2D eigenvalue weighted by atomic mass is 35.5. The molecule has 1 atom stereocenters. The minimum Gasteiger partial charge on any atom is -0.314 e. The monoisotopic (exact) mass is 260 g/mol. The molecule has 0 radical (unpaired) electrons. The summed E-state index contributed by atoms with van der Waals surface area (Å²) in [5.74, 6) is 1.01. The lowest BCUT2D eigenvalue weighted by Gasteiger charge is -2.39. The first-order valence-corrected chi connectivity index (χ1v) is 7.35. The van der Waals surface area contributed by atoms with E-state index in [1.807, 2.05) is 0 Å². The Labute approximate surface area is 113 Å². The normalized spacial score (nSPS) is 27.7. The van der Waals surface area contributed by atoms with Gasteiger partial charge in [-0.15, -0.1) is 12.4 Å². The molecule has 1 N–H and O–H groups in total. The quantitative estimate of drug-likeness (QED) is 0.836. The molecular formula is C14H29ClN2. The Balaban J connectivity index is 0.00000144. The zero-order valence-electron chi connectivity index (χ0n) is 11.3. The first kappa shape index (κ1) is 15.3. The van der Waals surface area contributed by atoms with Crippen LogP contribution in [0, 0.1) is 5.92 Å². The number of hydrogen-bond acceptors (Lipinski definition) is 2. The van der Waals surface area contributed by atoms with Gasteiger partial charge in [0, 0.05) is 32.2 Å². The molecule has 0 aromatic carbocycles. The van der Waals surface area contributed by atoms with Gasteiger partial charge in [-0.25, -0.2) is 0 Å². The molecule has 1 aliphatic carbocycles. The maximum atomic E-state index is 3.55. The number of rotatable bonds is 4. The molecule has 0 amide bonds. The largest absolute Gasteiger partial charge is 0.314 e. The molecule has 2 fully saturated rings. The Morgan fingerprint density at radius 3 is 2.65 bits per heavy atom. The van der Waals surface area contributed by atoms with E-state index in [1.54, 1.807) is 0 Å². The van der Waals surface area contributed by atoms with Crippen molar-refractivity contribution < 1.29 is 0 Å². The van der Waals surface area contributed by atoms with Crippen LogP contribution in [0.5, 0.6) is 0 Å². The van der Waals surface area contributed by atoms with Crippen LogP contribution >= 0.6 is 12.4 Å². The van der Waals surface area contributed by atoms with Crippen molar-refractivity contribution in [2.24, 2.45) is 5.92 Å². The molecular weight excluding hydrogens is 232 g/mol. The topological polar surface area (TPSA) is 15.3 Å². The van der Waals surface area contributed by atoms with Crippen LogP contribution in [0.2, 0.25) is 0 Å². The van der Waals surface area contributed by atoms with Crippen molar-refractivity contribution in [3.8, 4) is 0 Å². The third-order valence-electron chi connectivity index (χ3n) is 4.31. The van der Waals surface area contributed by atoms with E-state index < -0.39 is 0 Å². The average molecular weight is 261 g/mol. The van der Waals surface area contributed by atoms with Gasteiger partial charge in [-0.1, -0.05) is 32.6 Å². The molecule has 1 aliphatic heterocycles. The molecule has 1 saturated carbocycles. The van der Waals surface area contributed by atoms with E-state index in [0.29, 0.717) is 0 Å². The fourth-order valence-electron chi connectivity index (χ4n) is 3.36. The molecule has 3 heteroatoms. The van der Waals surface area contributed by atoms with Crippen LogP contribution in [0.4, 0.5) is 0 Å². The molecule has 0 bridgehead atoms. The number of piperazine rings is 1. The van der Waals surface area contributed by atoms with E-state index in [-0.39, 0.29) is 12.4 Å². The second-order valence-electron chi connectivity index (χ2n) is 5.65. The lowest BCUT2D eigenvalue weighted by atomic mass is 9.88. The summed E-state index contributed by atoms with van der Waals surface area (Å²) in [5.41, 5.74) is 0. The fraction of sp³-hybridized carbons (Fsp3) is 1.00. The van der Waals surface area contributed by atoms with Crippen molar-refractivity contribution in [1.29, 1.82) is 0 Å². The zero-order valence-corrected chi connectivity index (χ0v) is 12.1. The van der Waals surface area contributed by atoms with Gasteiger partial charge in [0.1, 0.15) is 0 Å². The fourth-order valence-corrected chi connectivity index (χ4v) is 3.36. The Morgan fingerprint density at radius 2 is 1.94 bits per heavy atom. The van der Waals surface area contributed by atoms with E-state index in [9.17, 15) is 0 Å². The summed E-state index contributed by atoms with van der Waals surface area (Å²) >= 11 is 0. The lowest BCUT2D eigenvalue weighted by Crippen LogP contribution is -2.52. The van der Waals surface area contributed by atoms with Crippen molar-refractivity contribution in [2.75, 3.05) is 26.2 Å². The predicted molar refractivity (Wildman–Crippen MR) is 77.0 cm³/mol.